The van der Waals surface area contributed by atoms with Crippen LogP contribution in [0.15, 0.2) is 47.4 Å². The smallest absolute Gasteiger partial charge is 0.303 e. The summed E-state index contributed by atoms with van der Waals surface area (Å²) in [7, 11) is 0. The van der Waals surface area contributed by atoms with Gasteiger partial charge >= 0.3 is 5.97 Å². The number of amides is 1. The van der Waals surface area contributed by atoms with Crippen LogP contribution in [0.25, 0.3) is 16.5 Å². The van der Waals surface area contributed by atoms with Gasteiger partial charge in [0.2, 0.25) is 0 Å². The minimum Gasteiger partial charge on any atom is -0.481 e. The van der Waals surface area contributed by atoms with Crippen molar-refractivity contribution in [1.82, 2.24) is 4.90 Å². The molecule has 4 nitrogen and oxygen atoms in total. The fourth-order valence-corrected chi connectivity index (χ4v) is 4.73. The summed E-state index contributed by atoms with van der Waals surface area (Å²) in [6.07, 6.45) is 2.28. The van der Waals surface area contributed by atoms with E-state index in [0.717, 1.165) is 15.3 Å². The molecule has 7 heteroatoms. The van der Waals surface area contributed by atoms with Gasteiger partial charge in [-0.25, -0.2) is 0 Å². The Balaban J connectivity index is 1.72. The zero-order valence-electron chi connectivity index (χ0n) is 13.2. The van der Waals surface area contributed by atoms with Gasteiger partial charge in [-0.1, -0.05) is 54.3 Å². The lowest BCUT2D eigenvalue weighted by molar-refractivity contribution is -0.137. The average Bonchev–Trinajstić information content (AvgIpc) is 3.16. The summed E-state index contributed by atoms with van der Waals surface area (Å²) in [4.78, 5) is 27.3. The van der Waals surface area contributed by atoms with E-state index in [1.807, 2.05) is 36.4 Å². The van der Waals surface area contributed by atoms with E-state index in [2.05, 4.69) is 12.1 Å². The highest BCUT2D eigenvalue weighted by atomic mass is 32.2. The maximum absolute atomic E-state index is 12.5. The van der Waals surface area contributed by atoms with Crippen LogP contribution in [0.2, 0.25) is 0 Å². The lowest BCUT2D eigenvalue weighted by Crippen LogP contribution is -2.29. The molecule has 0 spiro atoms. The lowest BCUT2D eigenvalue weighted by Gasteiger charge is -2.13. The number of nitrogens with zero attached hydrogens (tertiary/aromatic N) is 1. The number of carbonyl (C=O) groups is 2. The summed E-state index contributed by atoms with van der Waals surface area (Å²) >= 11 is 8.14. The average molecular weight is 390 g/mol. The molecule has 2 aromatic rings. The topological polar surface area (TPSA) is 57.6 Å². The Kier molecular flexibility index (Phi) is 5.67. The number of thiophene rings is 1. The van der Waals surface area contributed by atoms with Gasteiger partial charge in [0.25, 0.3) is 5.91 Å². The van der Waals surface area contributed by atoms with E-state index in [-0.39, 0.29) is 12.3 Å². The minimum absolute atomic E-state index is 0.0292. The molecule has 0 bridgehead atoms. The van der Waals surface area contributed by atoms with Gasteiger partial charge in [-0.05, 0) is 30.2 Å². The second-order valence-electron chi connectivity index (χ2n) is 5.40. The molecule has 0 radical (unpaired) electrons. The van der Waals surface area contributed by atoms with E-state index >= 15 is 0 Å². The Labute approximate surface area is 159 Å². The van der Waals surface area contributed by atoms with Gasteiger partial charge in [0.05, 0.1) is 4.91 Å². The molecule has 1 aromatic heterocycles. The number of benzene rings is 1. The molecule has 2 heterocycles. The van der Waals surface area contributed by atoms with Crippen molar-refractivity contribution in [2.24, 2.45) is 0 Å². The van der Waals surface area contributed by atoms with E-state index in [1.165, 1.54) is 16.7 Å². The van der Waals surface area contributed by atoms with Crippen LogP contribution in [0.4, 0.5) is 0 Å². The van der Waals surface area contributed by atoms with Gasteiger partial charge in [0.1, 0.15) is 4.32 Å². The molecular formula is C18H15NO3S3. The highest BCUT2D eigenvalue weighted by molar-refractivity contribution is 8.26. The van der Waals surface area contributed by atoms with Crippen molar-refractivity contribution in [3.63, 3.8) is 0 Å². The van der Waals surface area contributed by atoms with Crippen molar-refractivity contribution >= 4 is 57.6 Å². The van der Waals surface area contributed by atoms with Crippen molar-refractivity contribution in [3.8, 4) is 10.4 Å². The first-order valence-corrected chi connectivity index (χ1v) is 9.71. The molecule has 0 saturated carbocycles. The van der Waals surface area contributed by atoms with Crippen LogP contribution in [0, 0.1) is 0 Å². The first-order chi connectivity index (χ1) is 12.0. The maximum atomic E-state index is 12.5. The van der Waals surface area contributed by atoms with Gasteiger partial charge in [0.15, 0.2) is 0 Å². The molecule has 1 aliphatic heterocycles. The largest absolute Gasteiger partial charge is 0.481 e. The van der Waals surface area contributed by atoms with Crippen LogP contribution in [0.5, 0.6) is 0 Å². The van der Waals surface area contributed by atoms with Crippen molar-refractivity contribution < 1.29 is 14.7 Å². The van der Waals surface area contributed by atoms with Crippen LogP contribution in [-0.2, 0) is 9.59 Å². The third-order valence-corrected chi connectivity index (χ3v) is 6.06. The van der Waals surface area contributed by atoms with Gasteiger partial charge in [-0.3, -0.25) is 14.5 Å². The van der Waals surface area contributed by atoms with Crippen LogP contribution in [0.1, 0.15) is 17.7 Å². The van der Waals surface area contributed by atoms with E-state index in [9.17, 15) is 9.59 Å². The predicted octanol–water partition coefficient (Wildman–Crippen LogP) is 4.48. The fraction of sp³-hybridized carbons (Fsp3) is 0.167. The normalized spacial score (nSPS) is 16.0. The zero-order valence-corrected chi connectivity index (χ0v) is 15.6. The number of thioether (sulfide) groups is 1. The SMILES string of the molecule is O=C(O)CCCN1C(=O)/C(=C\c2ccc(-c3ccccc3)s2)SC1=S. The number of hydrogen-bond acceptors (Lipinski definition) is 5. The second-order valence-corrected chi connectivity index (χ2v) is 8.19. The molecule has 128 valence electrons. The Morgan fingerprint density at radius 1 is 1.20 bits per heavy atom. The number of thiocarbonyl (C=S) groups is 1. The molecule has 0 unspecified atom stereocenters. The van der Waals surface area contributed by atoms with E-state index < -0.39 is 5.97 Å². The zero-order chi connectivity index (χ0) is 17.8. The first-order valence-electron chi connectivity index (χ1n) is 7.67. The monoisotopic (exact) mass is 389 g/mol. The second kappa shape index (κ2) is 7.95. The lowest BCUT2D eigenvalue weighted by atomic mass is 10.2. The van der Waals surface area contributed by atoms with Crippen LogP contribution >= 0.6 is 35.3 Å². The van der Waals surface area contributed by atoms with Crippen LogP contribution in [-0.4, -0.2) is 32.7 Å². The Hall–Kier alpha value is -1.96. The highest BCUT2D eigenvalue weighted by Gasteiger charge is 2.31. The van der Waals surface area contributed by atoms with E-state index in [4.69, 9.17) is 17.3 Å². The Morgan fingerprint density at radius 3 is 2.68 bits per heavy atom. The van der Waals surface area contributed by atoms with Gasteiger partial charge < -0.3 is 5.11 Å². The maximum Gasteiger partial charge on any atom is 0.303 e. The third kappa shape index (κ3) is 4.36. The van der Waals surface area contributed by atoms with Crippen molar-refractivity contribution in [1.29, 1.82) is 0 Å². The number of carboxylic acids is 1. The molecule has 1 N–H and O–H groups in total. The predicted molar refractivity (Wildman–Crippen MR) is 107 cm³/mol. The van der Waals surface area contributed by atoms with E-state index in [0.29, 0.717) is 22.2 Å². The van der Waals surface area contributed by atoms with Gasteiger partial charge in [0, 0.05) is 22.7 Å². The van der Waals surface area contributed by atoms with Gasteiger partial charge in [-0.2, -0.15) is 0 Å². The molecule has 1 saturated heterocycles. The Bertz CT molecular complexity index is 842. The standard InChI is InChI=1S/C18H15NO3S3/c20-16(21)7-4-10-19-17(22)15(25-18(19)23)11-13-8-9-14(24-13)12-5-2-1-3-6-12/h1-3,5-6,8-9,11H,4,7,10H2,(H,20,21)/b15-11+. The number of carboxylic acid groups (broad SMARTS) is 1. The molecule has 3 rings (SSSR count). The Morgan fingerprint density at radius 2 is 1.96 bits per heavy atom. The molecule has 0 atom stereocenters. The first kappa shape index (κ1) is 17.8. The summed E-state index contributed by atoms with van der Waals surface area (Å²) in [5.41, 5.74) is 1.15. The summed E-state index contributed by atoms with van der Waals surface area (Å²) in [6, 6.07) is 14.1. The summed E-state index contributed by atoms with van der Waals surface area (Å²) in [6.45, 7) is 0.341. The number of aliphatic carboxylic acids is 1. The molecule has 1 aromatic carbocycles. The van der Waals surface area contributed by atoms with Gasteiger partial charge in [-0.15, -0.1) is 11.3 Å². The van der Waals surface area contributed by atoms with Crippen LogP contribution in [0.3, 0.4) is 0 Å². The highest BCUT2D eigenvalue weighted by Crippen LogP contribution is 2.35. The number of carbonyl (C=O) groups excluding carboxylic acids is 1. The fourth-order valence-electron chi connectivity index (χ4n) is 2.40. The summed E-state index contributed by atoms with van der Waals surface area (Å²) in [5.74, 6) is -1.01. The van der Waals surface area contributed by atoms with Crippen LogP contribution < -0.4 is 0 Å². The molecule has 1 amide bonds. The molecule has 1 aliphatic rings. The quantitative estimate of drug-likeness (QED) is 0.583. The number of rotatable bonds is 6. The third-order valence-electron chi connectivity index (χ3n) is 3.60. The molecular weight excluding hydrogens is 374 g/mol. The van der Waals surface area contributed by atoms with E-state index in [1.54, 1.807) is 11.3 Å². The van der Waals surface area contributed by atoms with Crippen molar-refractivity contribution in [3.05, 3.63) is 52.2 Å². The van der Waals surface area contributed by atoms with Crippen molar-refractivity contribution in [2.75, 3.05) is 6.54 Å². The van der Waals surface area contributed by atoms with Crippen molar-refractivity contribution in [2.45, 2.75) is 12.8 Å². The molecule has 0 aliphatic carbocycles. The minimum atomic E-state index is -0.868. The molecule has 25 heavy (non-hydrogen) atoms. The summed E-state index contributed by atoms with van der Waals surface area (Å²) in [5, 5.41) is 8.71. The molecule has 1 fully saturated rings. The summed E-state index contributed by atoms with van der Waals surface area (Å²) < 4.78 is 0.487. The number of hydrogen-bond donors (Lipinski definition) is 1.